The van der Waals surface area contributed by atoms with E-state index in [2.05, 4.69) is 115 Å². The summed E-state index contributed by atoms with van der Waals surface area (Å²) >= 11 is 0. The molecule has 0 fully saturated rings. The molecule has 0 aliphatic heterocycles. The maximum Gasteiger partial charge on any atom is 0.488 e. The first-order valence-electron chi connectivity index (χ1n) is 13.9. The van der Waals surface area contributed by atoms with Gasteiger partial charge in [-0.3, -0.25) is 0 Å². The van der Waals surface area contributed by atoms with Crippen LogP contribution in [0.5, 0.6) is 0 Å². The van der Waals surface area contributed by atoms with Crippen molar-refractivity contribution < 1.29 is 10.0 Å². The van der Waals surface area contributed by atoms with Crippen molar-refractivity contribution in [1.82, 2.24) is 0 Å². The Balaban J connectivity index is 1.51. The minimum atomic E-state index is -1.48. The SMILES string of the molecule is OB(O)c1ccc(-c2ccc3c4c(cccc24)-c2c-3c(-c3ccccc3)c3ccccc3c2-c2ccccc2)cc1. The van der Waals surface area contributed by atoms with Crippen molar-refractivity contribution in [2.75, 3.05) is 0 Å². The molecule has 1 aliphatic rings. The van der Waals surface area contributed by atoms with Crippen molar-refractivity contribution in [2.24, 2.45) is 0 Å². The number of hydrogen-bond donors (Lipinski definition) is 2. The molecular weight excluding hydrogens is 499 g/mol. The van der Waals surface area contributed by atoms with E-state index < -0.39 is 7.12 Å². The van der Waals surface area contributed by atoms with Gasteiger partial charge in [-0.15, -0.1) is 0 Å². The van der Waals surface area contributed by atoms with Gasteiger partial charge in [-0.25, -0.2) is 0 Å². The number of hydrogen-bond acceptors (Lipinski definition) is 2. The maximum absolute atomic E-state index is 9.61. The summed E-state index contributed by atoms with van der Waals surface area (Å²) in [6.45, 7) is 0. The van der Waals surface area contributed by atoms with Crippen LogP contribution in [0.15, 0.2) is 140 Å². The van der Waals surface area contributed by atoms with Gasteiger partial charge in [0.15, 0.2) is 0 Å². The fraction of sp³-hybridized carbons (Fsp3) is 0. The summed E-state index contributed by atoms with van der Waals surface area (Å²) in [5.74, 6) is 0. The van der Waals surface area contributed by atoms with Gasteiger partial charge in [0.2, 0.25) is 0 Å². The first-order valence-corrected chi connectivity index (χ1v) is 13.9. The molecule has 7 aromatic rings. The number of benzene rings is 7. The number of rotatable bonds is 4. The second-order valence-corrected chi connectivity index (χ2v) is 10.7. The maximum atomic E-state index is 9.61. The summed E-state index contributed by atoms with van der Waals surface area (Å²) in [5.41, 5.74) is 12.7. The Labute approximate surface area is 238 Å². The summed E-state index contributed by atoms with van der Waals surface area (Å²) in [4.78, 5) is 0. The lowest BCUT2D eigenvalue weighted by Crippen LogP contribution is -2.29. The van der Waals surface area contributed by atoms with Crippen LogP contribution in [0.2, 0.25) is 0 Å². The second kappa shape index (κ2) is 9.31. The molecule has 0 heterocycles. The van der Waals surface area contributed by atoms with E-state index in [1.807, 2.05) is 12.1 Å². The van der Waals surface area contributed by atoms with Gasteiger partial charge in [0, 0.05) is 0 Å². The highest BCUT2D eigenvalue weighted by Crippen LogP contribution is 2.58. The van der Waals surface area contributed by atoms with Crippen LogP contribution in [0, 0.1) is 0 Å². The molecule has 2 nitrogen and oxygen atoms in total. The first-order chi connectivity index (χ1) is 20.2. The lowest BCUT2D eigenvalue weighted by molar-refractivity contribution is 0.426. The molecule has 0 unspecified atom stereocenters. The third-order valence-corrected chi connectivity index (χ3v) is 8.44. The van der Waals surface area contributed by atoms with Crippen molar-refractivity contribution in [3.8, 4) is 55.6 Å². The molecular formula is C38H25BO2. The van der Waals surface area contributed by atoms with Crippen molar-refractivity contribution in [2.45, 2.75) is 0 Å². The molecule has 8 rings (SSSR count). The highest BCUT2D eigenvalue weighted by Gasteiger charge is 2.31. The molecule has 0 saturated heterocycles. The normalized spacial score (nSPS) is 11.7. The average molecular weight is 524 g/mol. The molecule has 41 heavy (non-hydrogen) atoms. The van der Waals surface area contributed by atoms with E-state index in [0.717, 1.165) is 11.1 Å². The Morgan fingerprint density at radius 2 is 0.829 bits per heavy atom. The van der Waals surface area contributed by atoms with E-state index in [9.17, 15) is 10.0 Å². The molecule has 0 aromatic heterocycles. The summed E-state index contributed by atoms with van der Waals surface area (Å²) in [5, 5.41) is 24.2. The second-order valence-electron chi connectivity index (χ2n) is 10.7. The topological polar surface area (TPSA) is 40.5 Å². The molecule has 0 atom stereocenters. The van der Waals surface area contributed by atoms with Crippen LogP contribution in [0.1, 0.15) is 0 Å². The van der Waals surface area contributed by atoms with Crippen molar-refractivity contribution in [3.63, 3.8) is 0 Å². The van der Waals surface area contributed by atoms with Crippen LogP contribution in [0.4, 0.5) is 0 Å². The van der Waals surface area contributed by atoms with Crippen LogP contribution < -0.4 is 5.46 Å². The highest BCUT2D eigenvalue weighted by molar-refractivity contribution is 6.58. The van der Waals surface area contributed by atoms with Crippen LogP contribution in [-0.4, -0.2) is 17.2 Å². The number of fused-ring (bicyclic) bond motifs is 4. The van der Waals surface area contributed by atoms with E-state index in [0.29, 0.717) is 5.46 Å². The van der Waals surface area contributed by atoms with E-state index in [1.54, 1.807) is 12.1 Å². The van der Waals surface area contributed by atoms with Crippen molar-refractivity contribution in [1.29, 1.82) is 0 Å². The summed E-state index contributed by atoms with van der Waals surface area (Å²) in [6, 6.07) is 49.0. The first kappa shape index (κ1) is 23.9. The van der Waals surface area contributed by atoms with Gasteiger partial charge in [-0.1, -0.05) is 140 Å². The van der Waals surface area contributed by atoms with Gasteiger partial charge in [-0.2, -0.15) is 0 Å². The Hall–Kier alpha value is -4.96. The molecule has 0 bridgehead atoms. The van der Waals surface area contributed by atoms with Crippen molar-refractivity contribution >= 4 is 34.1 Å². The molecule has 2 N–H and O–H groups in total. The zero-order valence-electron chi connectivity index (χ0n) is 22.3. The summed E-state index contributed by atoms with van der Waals surface area (Å²) < 4.78 is 0. The monoisotopic (exact) mass is 524 g/mol. The van der Waals surface area contributed by atoms with Gasteiger partial charge < -0.3 is 10.0 Å². The summed E-state index contributed by atoms with van der Waals surface area (Å²) in [7, 11) is -1.48. The van der Waals surface area contributed by atoms with E-state index >= 15 is 0 Å². The quantitative estimate of drug-likeness (QED) is 0.227. The van der Waals surface area contributed by atoms with Crippen LogP contribution in [-0.2, 0) is 0 Å². The molecule has 192 valence electrons. The zero-order chi connectivity index (χ0) is 27.5. The third-order valence-electron chi connectivity index (χ3n) is 8.44. The van der Waals surface area contributed by atoms with E-state index in [1.165, 1.54) is 66.1 Å². The van der Waals surface area contributed by atoms with Crippen LogP contribution in [0.3, 0.4) is 0 Å². The molecule has 0 saturated carbocycles. The summed E-state index contributed by atoms with van der Waals surface area (Å²) in [6.07, 6.45) is 0. The van der Waals surface area contributed by atoms with Crippen LogP contribution in [0.25, 0.3) is 77.2 Å². The zero-order valence-corrected chi connectivity index (χ0v) is 22.3. The molecule has 0 spiro atoms. The van der Waals surface area contributed by atoms with Crippen molar-refractivity contribution in [3.05, 3.63) is 140 Å². The fourth-order valence-corrected chi connectivity index (χ4v) is 6.70. The third kappa shape index (κ3) is 3.60. The minimum Gasteiger partial charge on any atom is -0.423 e. The van der Waals surface area contributed by atoms with Gasteiger partial charge in [-0.05, 0) is 82.6 Å². The molecule has 0 radical (unpaired) electrons. The van der Waals surface area contributed by atoms with Crippen LogP contribution >= 0.6 is 0 Å². The largest absolute Gasteiger partial charge is 0.488 e. The Kier molecular flexibility index (Phi) is 5.43. The Morgan fingerprint density at radius 3 is 1.39 bits per heavy atom. The predicted molar refractivity (Wildman–Crippen MR) is 172 cm³/mol. The molecule has 1 aliphatic carbocycles. The lowest BCUT2D eigenvalue weighted by Gasteiger charge is -2.20. The highest BCUT2D eigenvalue weighted by atomic mass is 16.4. The Bertz CT molecular complexity index is 2010. The standard InChI is InChI=1S/C38H25BO2/c40-39(41)27-20-18-24(19-21-27)28-22-23-33-36-29(28)16-9-17-32(36)37-34(25-10-3-1-4-11-25)30-14-7-8-15-31(30)35(38(33)37)26-12-5-2-6-13-26/h1-23,40-41H. The molecule has 3 heteroatoms. The predicted octanol–water partition coefficient (Wildman–Crippen LogP) is 8.32. The van der Waals surface area contributed by atoms with Gasteiger partial charge in [0.05, 0.1) is 0 Å². The minimum absolute atomic E-state index is 0.485. The lowest BCUT2D eigenvalue weighted by atomic mass is 9.79. The molecule has 7 aromatic carbocycles. The van der Waals surface area contributed by atoms with E-state index in [4.69, 9.17) is 0 Å². The van der Waals surface area contributed by atoms with E-state index in [-0.39, 0.29) is 0 Å². The van der Waals surface area contributed by atoms with Gasteiger partial charge >= 0.3 is 7.12 Å². The molecule has 0 amide bonds. The average Bonchev–Trinajstić information content (AvgIpc) is 3.36. The fourth-order valence-electron chi connectivity index (χ4n) is 6.70. The van der Waals surface area contributed by atoms with Gasteiger partial charge in [0.25, 0.3) is 0 Å². The van der Waals surface area contributed by atoms with Gasteiger partial charge in [0.1, 0.15) is 0 Å². The smallest absolute Gasteiger partial charge is 0.423 e. The Morgan fingerprint density at radius 1 is 0.341 bits per heavy atom.